The molecule has 0 unspecified atom stereocenters. The van der Waals surface area contributed by atoms with Crippen molar-refractivity contribution in [1.82, 2.24) is 14.7 Å². The monoisotopic (exact) mass is 426 g/mol. The molecule has 3 fully saturated rings. The lowest BCUT2D eigenvalue weighted by atomic mass is 9.85. The first-order chi connectivity index (χ1) is 14.9. The lowest BCUT2D eigenvalue weighted by molar-refractivity contribution is -0.142. The van der Waals surface area contributed by atoms with Crippen LogP contribution in [-0.4, -0.2) is 77.4 Å². The quantitative estimate of drug-likeness (QED) is 0.725. The molecule has 1 aromatic rings. The number of piperidine rings is 1. The fraction of sp³-hybridized carbons (Fsp3) is 0.625. The van der Waals surface area contributed by atoms with E-state index in [-0.39, 0.29) is 24.3 Å². The van der Waals surface area contributed by atoms with E-state index >= 15 is 0 Å². The summed E-state index contributed by atoms with van der Waals surface area (Å²) in [5, 5.41) is 0. The van der Waals surface area contributed by atoms with Gasteiger partial charge in [0, 0.05) is 38.3 Å². The molecule has 168 valence electrons. The number of rotatable bonds is 5. The molecule has 0 radical (unpaired) electrons. The van der Waals surface area contributed by atoms with Gasteiger partial charge in [0.1, 0.15) is 12.1 Å². The standard InChI is InChI=1S/C24H34N4O3/c1-19(2)16-21(29)26-14-10-24(11-15-26)23(31)27(17-22(30)25-12-6-7-13-25)18-28(24)20-8-4-3-5-9-20/h3-5,8-9,19H,6-7,10-18H2,1-2H3. The van der Waals surface area contributed by atoms with Crippen molar-refractivity contribution in [3.8, 4) is 0 Å². The van der Waals surface area contributed by atoms with Crippen molar-refractivity contribution in [2.45, 2.75) is 51.5 Å². The molecule has 31 heavy (non-hydrogen) atoms. The second-order valence-electron chi connectivity index (χ2n) is 9.51. The van der Waals surface area contributed by atoms with Crippen LogP contribution in [0.15, 0.2) is 30.3 Å². The van der Waals surface area contributed by atoms with E-state index in [0.29, 0.717) is 44.9 Å². The van der Waals surface area contributed by atoms with Gasteiger partial charge in [0.2, 0.25) is 11.8 Å². The van der Waals surface area contributed by atoms with Crippen molar-refractivity contribution in [3.63, 3.8) is 0 Å². The number of hydrogen-bond donors (Lipinski definition) is 0. The summed E-state index contributed by atoms with van der Waals surface area (Å²) in [5.41, 5.74) is 0.315. The van der Waals surface area contributed by atoms with Gasteiger partial charge < -0.3 is 19.6 Å². The van der Waals surface area contributed by atoms with Gasteiger partial charge in [0.25, 0.3) is 5.91 Å². The fourth-order valence-electron chi connectivity index (χ4n) is 5.16. The summed E-state index contributed by atoms with van der Waals surface area (Å²) in [4.78, 5) is 46.7. The van der Waals surface area contributed by atoms with Gasteiger partial charge in [0.05, 0.1) is 6.67 Å². The third-order valence-corrected chi connectivity index (χ3v) is 6.89. The molecule has 0 atom stereocenters. The minimum atomic E-state index is -0.679. The van der Waals surface area contributed by atoms with Crippen LogP contribution in [0.3, 0.4) is 0 Å². The molecule has 3 saturated heterocycles. The van der Waals surface area contributed by atoms with E-state index in [1.807, 2.05) is 40.1 Å². The Morgan fingerprint density at radius 3 is 2.16 bits per heavy atom. The molecule has 3 aliphatic rings. The molecule has 0 saturated carbocycles. The third kappa shape index (κ3) is 4.27. The van der Waals surface area contributed by atoms with E-state index in [9.17, 15) is 14.4 Å². The van der Waals surface area contributed by atoms with Crippen LogP contribution in [-0.2, 0) is 14.4 Å². The normalized spacial score (nSPS) is 20.9. The highest BCUT2D eigenvalue weighted by Gasteiger charge is 2.54. The van der Waals surface area contributed by atoms with E-state index < -0.39 is 5.54 Å². The third-order valence-electron chi connectivity index (χ3n) is 6.89. The Kier molecular flexibility index (Phi) is 6.21. The molecular weight excluding hydrogens is 392 g/mol. The maximum Gasteiger partial charge on any atom is 0.250 e. The molecular formula is C24H34N4O3. The maximum atomic E-state index is 13.7. The highest BCUT2D eigenvalue weighted by molar-refractivity contribution is 5.96. The van der Waals surface area contributed by atoms with Gasteiger partial charge in [-0.15, -0.1) is 0 Å². The Hall–Kier alpha value is -2.57. The minimum Gasteiger partial charge on any atom is -0.342 e. The van der Waals surface area contributed by atoms with Gasteiger partial charge in [-0.25, -0.2) is 0 Å². The number of carbonyl (C=O) groups is 3. The summed E-state index contributed by atoms with van der Waals surface area (Å²) >= 11 is 0. The number of anilines is 1. The first-order valence-corrected chi connectivity index (χ1v) is 11.6. The van der Waals surface area contributed by atoms with E-state index in [1.165, 1.54) is 0 Å². The molecule has 0 aliphatic carbocycles. The second-order valence-corrected chi connectivity index (χ2v) is 9.51. The van der Waals surface area contributed by atoms with Gasteiger partial charge >= 0.3 is 0 Å². The molecule has 7 nitrogen and oxygen atoms in total. The molecule has 1 spiro atoms. The summed E-state index contributed by atoms with van der Waals surface area (Å²) in [6, 6.07) is 9.98. The molecule has 3 aliphatic heterocycles. The van der Waals surface area contributed by atoms with Crippen molar-refractivity contribution in [1.29, 1.82) is 0 Å². The number of amides is 3. The Morgan fingerprint density at radius 2 is 1.55 bits per heavy atom. The molecule has 0 aromatic heterocycles. The number of carbonyl (C=O) groups excluding carboxylic acids is 3. The van der Waals surface area contributed by atoms with Crippen LogP contribution in [0, 0.1) is 5.92 Å². The van der Waals surface area contributed by atoms with Crippen molar-refractivity contribution < 1.29 is 14.4 Å². The van der Waals surface area contributed by atoms with Crippen molar-refractivity contribution in [2.24, 2.45) is 5.92 Å². The Labute approximate surface area is 185 Å². The minimum absolute atomic E-state index is 0.0276. The SMILES string of the molecule is CC(C)CC(=O)N1CCC2(CC1)C(=O)N(CC(=O)N1CCCC1)CN2c1ccccc1. The number of hydrogen-bond acceptors (Lipinski definition) is 4. The average Bonchev–Trinajstić information content (AvgIpc) is 3.38. The van der Waals surface area contributed by atoms with Crippen LogP contribution in [0.25, 0.3) is 0 Å². The number of para-hydroxylation sites is 1. The number of nitrogens with zero attached hydrogens (tertiary/aromatic N) is 4. The van der Waals surface area contributed by atoms with Crippen LogP contribution in [0.2, 0.25) is 0 Å². The Balaban J connectivity index is 1.53. The highest BCUT2D eigenvalue weighted by Crippen LogP contribution is 2.39. The fourth-order valence-corrected chi connectivity index (χ4v) is 5.16. The van der Waals surface area contributed by atoms with Gasteiger partial charge in [-0.2, -0.15) is 0 Å². The topological polar surface area (TPSA) is 64.2 Å². The number of benzene rings is 1. The molecule has 3 heterocycles. The number of likely N-dealkylation sites (tertiary alicyclic amines) is 2. The summed E-state index contributed by atoms with van der Waals surface area (Å²) in [6.45, 7) is 7.40. The first-order valence-electron chi connectivity index (χ1n) is 11.6. The molecule has 1 aromatic carbocycles. The highest BCUT2D eigenvalue weighted by atomic mass is 16.2. The van der Waals surface area contributed by atoms with E-state index in [4.69, 9.17) is 0 Å². The molecule has 3 amide bonds. The summed E-state index contributed by atoms with van der Waals surface area (Å²) in [5.74, 6) is 0.562. The molecule has 7 heteroatoms. The summed E-state index contributed by atoms with van der Waals surface area (Å²) in [6.07, 6.45) is 3.82. The van der Waals surface area contributed by atoms with Crippen LogP contribution >= 0.6 is 0 Å². The van der Waals surface area contributed by atoms with Gasteiger partial charge in [-0.3, -0.25) is 14.4 Å². The molecule has 0 bridgehead atoms. The first kappa shape index (κ1) is 21.7. The summed E-state index contributed by atoms with van der Waals surface area (Å²) in [7, 11) is 0. The smallest absolute Gasteiger partial charge is 0.250 e. The van der Waals surface area contributed by atoms with Crippen molar-refractivity contribution in [2.75, 3.05) is 44.3 Å². The molecule has 4 rings (SSSR count). The van der Waals surface area contributed by atoms with Crippen LogP contribution in [0.5, 0.6) is 0 Å². The Bertz CT molecular complexity index is 811. The predicted octanol–water partition coefficient (Wildman–Crippen LogP) is 2.32. The predicted molar refractivity (Wildman–Crippen MR) is 119 cm³/mol. The van der Waals surface area contributed by atoms with Crippen molar-refractivity contribution >= 4 is 23.4 Å². The van der Waals surface area contributed by atoms with Crippen LogP contribution < -0.4 is 4.90 Å². The maximum absolute atomic E-state index is 13.7. The van der Waals surface area contributed by atoms with Crippen LogP contribution in [0.1, 0.15) is 46.0 Å². The van der Waals surface area contributed by atoms with Crippen LogP contribution in [0.4, 0.5) is 5.69 Å². The largest absolute Gasteiger partial charge is 0.342 e. The average molecular weight is 427 g/mol. The van der Waals surface area contributed by atoms with E-state index in [0.717, 1.165) is 31.6 Å². The van der Waals surface area contributed by atoms with E-state index in [1.54, 1.807) is 4.90 Å². The molecule has 0 N–H and O–H groups in total. The zero-order valence-electron chi connectivity index (χ0n) is 18.8. The zero-order valence-corrected chi connectivity index (χ0v) is 18.8. The van der Waals surface area contributed by atoms with Gasteiger partial charge in [-0.1, -0.05) is 32.0 Å². The lowest BCUT2D eigenvalue weighted by Gasteiger charge is -2.43. The second kappa shape index (κ2) is 8.89. The van der Waals surface area contributed by atoms with E-state index in [2.05, 4.69) is 18.7 Å². The van der Waals surface area contributed by atoms with Gasteiger partial charge in [0.15, 0.2) is 0 Å². The lowest BCUT2D eigenvalue weighted by Crippen LogP contribution is -2.57. The van der Waals surface area contributed by atoms with Gasteiger partial charge in [-0.05, 0) is 43.7 Å². The summed E-state index contributed by atoms with van der Waals surface area (Å²) < 4.78 is 0. The zero-order chi connectivity index (χ0) is 22.0. The Morgan fingerprint density at radius 1 is 0.935 bits per heavy atom. The van der Waals surface area contributed by atoms with Crippen molar-refractivity contribution in [3.05, 3.63) is 30.3 Å².